The van der Waals surface area contributed by atoms with Crippen LogP contribution in [0.5, 0.6) is 0 Å². The van der Waals surface area contributed by atoms with E-state index >= 15 is 0 Å². The van der Waals surface area contributed by atoms with Gasteiger partial charge in [-0.3, -0.25) is 4.79 Å². The minimum absolute atomic E-state index is 0.241. The molecule has 0 fully saturated rings. The first-order valence-corrected chi connectivity index (χ1v) is 4.86. The smallest absolute Gasteiger partial charge is 0.328 e. The van der Waals surface area contributed by atoms with Crippen LogP contribution in [0.2, 0.25) is 0 Å². The second-order valence-corrected chi connectivity index (χ2v) is 3.29. The molecule has 0 atom stereocenters. The molecule has 74 valence electrons. The fourth-order valence-corrected chi connectivity index (χ4v) is 1.27. The van der Waals surface area contributed by atoms with Gasteiger partial charge in [0.2, 0.25) is 0 Å². The van der Waals surface area contributed by atoms with E-state index in [0.717, 1.165) is 6.08 Å². The van der Waals surface area contributed by atoms with E-state index in [1.165, 1.54) is 18.9 Å². The van der Waals surface area contributed by atoms with Crippen LogP contribution in [-0.4, -0.2) is 35.7 Å². The SMILES string of the molecule is COC(=O)CCSCC=CC(=O)O. The maximum atomic E-state index is 10.6. The van der Waals surface area contributed by atoms with Crippen molar-refractivity contribution in [3.63, 3.8) is 0 Å². The van der Waals surface area contributed by atoms with Crippen LogP contribution in [0.25, 0.3) is 0 Å². The molecule has 0 aliphatic rings. The summed E-state index contributed by atoms with van der Waals surface area (Å²) in [4.78, 5) is 20.6. The van der Waals surface area contributed by atoms with Crippen LogP contribution in [0.15, 0.2) is 12.2 Å². The Hall–Kier alpha value is -0.970. The van der Waals surface area contributed by atoms with E-state index in [9.17, 15) is 9.59 Å². The number of carboxylic acids is 1. The van der Waals surface area contributed by atoms with Gasteiger partial charge in [-0.05, 0) is 0 Å². The Morgan fingerprint density at radius 1 is 1.54 bits per heavy atom. The van der Waals surface area contributed by atoms with Crippen LogP contribution < -0.4 is 0 Å². The molecule has 0 aliphatic carbocycles. The van der Waals surface area contributed by atoms with E-state index < -0.39 is 5.97 Å². The summed E-state index contributed by atoms with van der Waals surface area (Å²) < 4.78 is 4.43. The number of carbonyl (C=O) groups is 2. The van der Waals surface area contributed by atoms with E-state index in [0.29, 0.717) is 17.9 Å². The summed E-state index contributed by atoms with van der Waals surface area (Å²) in [6.45, 7) is 0. The molecule has 0 amide bonds. The summed E-state index contributed by atoms with van der Waals surface area (Å²) in [5.41, 5.74) is 0. The molecule has 0 saturated carbocycles. The van der Waals surface area contributed by atoms with Gasteiger partial charge < -0.3 is 9.84 Å². The molecule has 0 aromatic rings. The van der Waals surface area contributed by atoms with Gasteiger partial charge in [0, 0.05) is 17.6 Å². The minimum Gasteiger partial charge on any atom is -0.478 e. The summed E-state index contributed by atoms with van der Waals surface area (Å²) in [6.07, 6.45) is 3.00. The highest BCUT2D eigenvalue weighted by Gasteiger charge is 1.97. The summed E-state index contributed by atoms with van der Waals surface area (Å²) in [6, 6.07) is 0. The van der Waals surface area contributed by atoms with E-state index in [1.54, 1.807) is 6.08 Å². The number of carbonyl (C=O) groups excluding carboxylic acids is 1. The topological polar surface area (TPSA) is 63.6 Å². The summed E-state index contributed by atoms with van der Waals surface area (Å²) in [5, 5.41) is 8.23. The molecule has 13 heavy (non-hydrogen) atoms. The van der Waals surface area contributed by atoms with Crippen molar-refractivity contribution in [2.75, 3.05) is 18.6 Å². The average Bonchev–Trinajstić information content (AvgIpc) is 2.10. The van der Waals surface area contributed by atoms with Gasteiger partial charge in [0.25, 0.3) is 0 Å². The van der Waals surface area contributed by atoms with Crippen LogP contribution in [0, 0.1) is 0 Å². The van der Waals surface area contributed by atoms with Gasteiger partial charge >= 0.3 is 11.9 Å². The van der Waals surface area contributed by atoms with Gasteiger partial charge in [-0.2, -0.15) is 11.8 Å². The maximum Gasteiger partial charge on any atom is 0.328 e. The van der Waals surface area contributed by atoms with Crippen molar-refractivity contribution in [1.82, 2.24) is 0 Å². The van der Waals surface area contributed by atoms with Crippen molar-refractivity contribution < 1.29 is 19.4 Å². The zero-order chi connectivity index (χ0) is 10.1. The molecule has 0 bridgehead atoms. The van der Waals surface area contributed by atoms with E-state index in [-0.39, 0.29) is 5.97 Å². The number of rotatable bonds is 6. The van der Waals surface area contributed by atoms with Gasteiger partial charge in [-0.25, -0.2) is 4.79 Å². The molecule has 5 heteroatoms. The minimum atomic E-state index is -0.950. The molecule has 1 N–H and O–H groups in total. The predicted molar refractivity (Wildman–Crippen MR) is 50.7 cm³/mol. The fraction of sp³-hybridized carbons (Fsp3) is 0.500. The van der Waals surface area contributed by atoms with E-state index in [2.05, 4.69) is 4.74 Å². The number of aliphatic carboxylic acids is 1. The normalized spacial score (nSPS) is 10.2. The molecule has 0 saturated heterocycles. The van der Waals surface area contributed by atoms with Crippen molar-refractivity contribution in [2.45, 2.75) is 6.42 Å². The first kappa shape index (κ1) is 12.0. The van der Waals surface area contributed by atoms with Gasteiger partial charge in [0.15, 0.2) is 0 Å². The highest BCUT2D eigenvalue weighted by Crippen LogP contribution is 2.03. The molecule has 0 rings (SSSR count). The number of carboxylic acid groups (broad SMARTS) is 1. The Balaban J connectivity index is 3.26. The van der Waals surface area contributed by atoms with Crippen molar-refractivity contribution in [2.24, 2.45) is 0 Å². The third kappa shape index (κ3) is 8.94. The van der Waals surface area contributed by atoms with E-state index in [4.69, 9.17) is 5.11 Å². The van der Waals surface area contributed by atoms with Crippen LogP contribution >= 0.6 is 11.8 Å². The third-order valence-corrected chi connectivity index (χ3v) is 2.07. The molecule has 0 unspecified atom stereocenters. The summed E-state index contributed by atoms with van der Waals surface area (Å²) in [7, 11) is 1.34. The summed E-state index contributed by atoms with van der Waals surface area (Å²) in [5.74, 6) is 0.0585. The predicted octanol–water partition coefficient (Wildman–Crippen LogP) is 0.923. The van der Waals surface area contributed by atoms with Gasteiger partial charge in [0.1, 0.15) is 0 Å². The lowest BCUT2D eigenvalue weighted by atomic mass is 10.5. The lowest BCUT2D eigenvalue weighted by Gasteiger charge is -1.96. The van der Waals surface area contributed by atoms with Gasteiger partial charge in [-0.1, -0.05) is 6.08 Å². The number of thioether (sulfide) groups is 1. The standard InChI is InChI=1S/C8H12O4S/c1-12-8(11)4-6-13-5-2-3-7(9)10/h2-3H,4-6H2,1H3,(H,9,10). The molecule has 4 nitrogen and oxygen atoms in total. The first-order chi connectivity index (χ1) is 6.16. The highest BCUT2D eigenvalue weighted by molar-refractivity contribution is 7.99. The number of esters is 1. The fourth-order valence-electron chi connectivity index (χ4n) is 0.558. The quantitative estimate of drug-likeness (QED) is 0.396. The lowest BCUT2D eigenvalue weighted by molar-refractivity contribution is -0.140. The molecule has 0 spiro atoms. The van der Waals surface area contributed by atoms with Crippen LogP contribution in [0.3, 0.4) is 0 Å². The highest BCUT2D eigenvalue weighted by atomic mass is 32.2. The Kier molecular flexibility index (Phi) is 7.10. The second-order valence-electron chi connectivity index (χ2n) is 2.14. The largest absolute Gasteiger partial charge is 0.478 e. The number of hydrogen-bond donors (Lipinski definition) is 1. The number of ether oxygens (including phenoxy) is 1. The Labute approximate surface area is 81.0 Å². The Morgan fingerprint density at radius 2 is 2.23 bits per heavy atom. The molecular formula is C8H12O4S. The van der Waals surface area contributed by atoms with E-state index in [1.807, 2.05) is 0 Å². The van der Waals surface area contributed by atoms with Crippen molar-refractivity contribution in [1.29, 1.82) is 0 Å². The van der Waals surface area contributed by atoms with Crippen molar-refractivity contribution >= 4 is 23.7 Å². The monoisotopic (exact) mass is 204 g/mol. The molecule has 0 radical (unpaired) electrons. The molecule has 0 aromatic carbocycles. The van der Waals surface area contributed by atoms with Crippen LogP contribution in [-0.2, 0) is 14.3 Å². The van der Waals surface area contributed by atoms with Gasteiger partial charge in [-0.15, -0.1) is 0 Å². The zero-order valence-electron chi connectivity index (χ0n) is 7.36. The van der Waals surface area contributed by atoms with Crippen molar-refractivity contribution in [3.8, 4) is 0 Å². The van der Waals surface area contributed by atoms with Crippen LogP contribution in [0.4, 0.5) is 0 Å². The number of hydrogen-bond acceptors (Lipinski definition) is 4. The van der Waals surface area contributed by atoms with Gasteiger partial charge in [0.05, 0.1) is 13.5 Å². The number of methoxy groups -OCH3 is 1. The molecule has 0 aliphatic heterocycles. The average molecular weight is 204 g/mol. The Morgan fingerprint density at radius 3 is 2.77 bits per heavy atom. The van der Waals surface area contributed by atoms with Crippen LogP contribution in [0.1, 0.15) is 6.42 Å². The van der Waals surface area contributed by atoms with Crippen molar-refractivity contribution in [3.05, 3.63) is 12.2 Å². The zero-order valence-corrected chi connectivity index (χ0v) is 8.17. The molecular weight excluding hydrogens is 192 g/mol. The first-order valence-electron chi connectivity index (χ1n) is 3.71. The maximum absolute atomic E-state index is 10.6. The molecule has 0 aromatic heterocycles. The lowest BCUT2D eigenvalue weighted by Crippen LogP contribution is -2.01. The third-order valence-electron chi connectivity index (χ3n) is 1.15. The second kappa shape index (κ2) is 7.67. The molecule has 0 heterocycles. The Bertz CT molecular complexity index is 200. The summed E-state index contributed by atoms with van der Waals surface area (Å²) >= 11 is 1.49.